The lowest BCUT2D eigenvalue weighted by Gasteiger charge is -2.10. The Labute approximate surface area is 117 Å². The van der Waals surface area contributed by atoms with Crippen molar-refractivity contribution in [3.05, 3.63) is 64.2 Å². The standard InChI is InChI=1S/C15H15ClN2O/c1-10-5-6-13(16)14(7-10)18-9-11-3-2-4-12(8-11)15(17)19/h2-8,18H,9H2,1H3,(H2,17,19). The van der Waals surface area contributed by atoms with Crippen LogP contribution in [-0.2, 0) is 6.54 Å². The molecule has 0 fully saturated rings. The smallest absolute Gasteiger partial charge is 0.248 e. The van der Waals surface area contributed by atoms with Crippen molar-refractivity contribution in [2.75, 3.05) is 5.32 Å². The molecule has 1 amide bonds. The summed E-state index contributed by atoms with van der Waals surface area (Å²) in [5.74, 6) is -0.421. The van der Waals surface area contributed by atoms with E-state index >= 15 is 0 Å². The van der Waals surface area contributed by atoms with Gasteiger partial charge in [-0.15, -0.1) is 0 Å². The van der Waals surface area contributed by atoms with E-state index in [1.165, 1.54) is 0 Å². The van der Waals surface area contributed by atoms with Crippen molar-refractivity contribution in [1.82, 2.24) is 0 Å². The normalized spacial score (nSPS) is 10.2. The molecule has 0 atom stereocenters. The zero-order valence-electron chi connectivity index (χ0n) is 10.6. The van der Waals surface area contributed by atoms with Gasteiger partial charge in [0.15, 0.2) is 0 Å². The monoisotopic (exact) mass is 274 g/mol. The van der Waals surface area contributed by atoms with Crippen LogP contribution in [0.2, 0.25) is 5.02 Å². The molecule has 19 heavy (non-hydrogen) atoms. The van der Waals surface area contributed by atoms with Crippen LogP contribution in [0.3, 0.4) is 0 Å². The van der Waals surface area contributed by atoms with Crippen molar-refractivity contribution in [2.24, 2.45) is 5.73 Å². The molecule has 0 spiro atoms. The maximum Gasteiger partial charge on any atom is 0.248 e. The molecule has 4 heteroatoms. The van der Waals surface area contributed by atoms with Gasteiger partial charge in [-0.3, -0.25) is 4.79 Å². The van der Waals surface area contributed by atoms with Gasteiger partial charge in [-0.25, -0.2) is 0 Å². The van der Waals surface area contributed by atoms with Gasteiger partial charge in [0.05, 0.1) is 10.7 Å². The first-order chi connectivity index (χ1) is 9.06. The summed E-state index contributed by atoms with van der Waals surface area (Å²) in [6.07, 6.45) is 0. The highest BCUT2D eigenvalue weighted by Gasteiger charge is 2.03. The summed E-state index contributed by atoms with van der Waals surface area (Å²) in [6.45, 7) is 2.60. The Kier molecular flexibility index (Phi) is 4.07. The molecule has 0 saturated carbocycles. The minimum atomic E-state index is -0.421. The number of aryl methyl sites for hydroxylation is 1. The van der Waals surface area contributed by atoms with Crippen LogP contribution in [0.4, 0.5) is 5.69 Å². The highest BCUT2D eigenvalue weighted by molar-refractivity contribution is 6.33. The number of anilines is 1. The summed E-state index contributed by atoms with van der Waals surface area (Å²) in [5.41, 5.74) is 8.76. The van der Waals surface area contributed by atoms with Crippen LogP contribution in [0.15, 0.2) is 42.5 Å². The predicted molar refractivity (Wildman–Crippen MR) is 78.5 cm³/mol. The lowest BCUT2D eigenvalue weighted by molar-refractivity contribution is 0.1000. The number of carbonyl (C=O) groups excluding carboxylic acids is 1. The molecule has 0 unspecified atom stereocenters. The second-order valence-corrected chi connectivity index (χ2v) is 4.81. The third-order valence-corrected chi connectivity index (χ3v) is 3.15. The van der Waals surface area contributed by atoms with Crippen LogP contribution < -0.4 is 11.1 Å². The van der Waals surface area contributed by atoms with Crippen molar-refractivity contribution < 1.29 is 4.79 Å². The minimum Gasteiger partial charge on any atom is -0.380 e. The predicted octanol–water partition coefficient (Wildman–Crippen LogP) is 3.36. The number of rotatable bonds is 4. The molecule has 0 aliphatic heterocycles. The molecule has 0 aliphatic rings. The summed E-state index contributed by atoms with van der Waals surface area (Å²) in [6, 6.07) is 13.0. The van der Waals surface area contributed by atoms with Crippen LogP contribution in [0.5, 0.6) is 0 Å². The Morgan fingerprint density at radius 1 is 1.26 bits per heavy atom. The number of benzene rings is 2. The lowest BCUT2D eigenvalue weighted by Crippen LogP contribution is -2.11. The van der Waals surface area contributed by atoms with Crippen LogP contribution in [0, 0.1) is 6.92 Å². The molecule has 0 aliphatic carbocycles. The Bertz CT molecular complexity index is 611. The van der Waals surface area contributed by atoms with Gasteiger partial charge in [-0.05, 0) is 42.3 Å². The fourth-order valence-electron chi connectivity index (χ4n) is 1.81. The average Bonchev–Trinajstić information content (AvgIpc) is 2.40. The summed E-state index contributed by atoms with van der Waals surface area (Å²) in [4.78, 5) is 11.1. The molecule has 2 aromatic rings. The van der Waals surface area contributed by atoms with E-state index in [0.717, 1.165) is 16.8 Å². The van der Waals surface area contributed by atoms with Crippen molar-refractivity contribution >= 4 is 23.2 Å². The fourth-order valence-corrected chi connectivity index (χ4v) is 1.99. The van der Waals surface area contributed by atoms with Crippen molar-refractivity contribution in [3.63, 3.8) is 0 Å². The Balaban J connectivity index is 2.12. The van der Waals surface area contributed by atoms with Crippen LogP contribution >= 0.6 is 11.6 Å². The van der Waals surface area contributed by atoms with Crippen molar-refractivity contribution in [2.45, 2.75) is 13.5 Å². The first-order valence-corrected chi connectivity index (χ1v) is 6.33. The number of nitrogens with two attached hydrogens (primary N) is 1. The van der Waals surface area contributed by atoms with Gasteiger partial charge in [0, 0.05) is 12.1 Å². The van der Waals surface area contributed by atoms with E-state index in [2.05, 4.69) is 5.32 Å². The summed E-state index contributed by atoms with van der Waals surface area (Å²) < 4.78 is 0. The fraction of sp³-hybridized carbons (Fsp3) is 0.133. The minimum absolute atomic E-state index is 0.421. The Morgan fingerprint density at radius 2 is 2.05 bits per heavy atom. The third-order valence-electron chi connectivity index (χ3n) is 2.82. The molecular weight excluding hydrogens is 260 g/mol. The number of hydrogen-bond donors (Lipinski definition) is 2. The molecule has 0 aromatic heterocycles. The molecule has 98 valence electrons. The maximum absolute atomic E-state index is 11.1. The van der Waals surface area contributed by atoms with Gasteiger partial charge in [0.1, 0.15) is 0 Å². The molecule has 2 aromatic carbocycles. The largest absolute Gasteiger partial charge is 0.380 e. The maximum atomic E-state index is 11.1. The van der Waals surface area contributed by atoms with Gasteiger partial charge < -0.3 is 11.1 Å². The molecule has 3 nitrogen and oxygen atoms in total. The average molecular weight is 275 g/mol. The van der Waals surface area contributed by atoms with Gasteiger partial charge in [0.2, 0.25) is 5.91 Å². The first kappa shape index (κ1) is 13.4. The van der Waals surface area contributed by atoms with E-state index in [4.69, 9.17) is 17.3 Å². The summed E-state index contributed by atoms with van der Waals surface area (Å²) in [7, 11) is 0. The highest BCUT2D eigenvalue weighted by atomic mass is 35.5. The molecule has 0 radical (unpaired) electrons. The Morgan fingerprint density at radius 3 is 2.79 bits per heavy atom. The summed E-state index contributed by atoms with van der Waals surface area (Å²) in [5, 5.41) is 3.93. The topological polar surface area (TPSA) is 55.1 Å². The number of halogens is 1. The van der Waals surface area contributed by atoms with Crippen molar-refractivity contribution in [3.8, 4) is 0 Å². The van der Waals surface area contributed by atoms with Gasteiger partial charge >= 0.3 is 0 Å². The number of nitrogens with one attached hydrogen (secondary N) is 1. The molecule has 0 heterocycles. The molecule has 3 N–H and O–H groups in total. The number of carbonyl (C=O) groups is 1. The van der Waals surface area contributed by atoms with Crippen LogP contribution in [-0.4, -0.2) is 5.91 Å². The van der Waals surface area contributed by atoms with E-state index in [-0.39, 0.29) is 0 Å². The van der Waals surface area contributed by atoms with E-state index in [9.17, 15) is 4.79 Å². The zero-order valence-corrected chi connectivity index (χ0v) is 11.4. The SMILES string of the molecule is Cc1ccc(Cl)c(NCc2cccc(C(N)=O)c2)c1. The molecule has 2 rings (SSSR count). The lowest BCUT2D eigenvalue weighted by atomic mass is 10.1. The molecule has 0 bridgehead atoms. The second-order valence-electron chi connectivity index (χ2n) is 4.40. The third kappa shape index (κ3) is 3.48. The van der Waals surface area contributed by atoms with E-state index in [0.29, 0.717) is 17.1 Å². The molecular formula is C15H15ClN2O. The van der Waals surface area contributed by atoms with Crippen LogP contribution in [0.1, 0.15) is 21.5 Å². The number of amides is 1. The van der Waals surface area contributed by atoms with Crippen molar-refractivity contribution in [1.29, 1.82) is 0 Å². The van der Waals surface area contributed by atoms with E-state index in [1.54, 1.807) is 12.1 Å². The van der Waals surface area contributed by atoms with Gasteiger partial charge in [0.25, 0.3) is 0 Å². The Hall–Kier alpha value is -2.00. The molecule has 0 saturated heterocycles. The quantitative estimate of drug-likeness (QED) is 0.898. The summed E-state index contributed by atoms with van der Waals surface area (Å²) >= 11 is 6.11. The zero-order chi connectivity index (χ0) is 13.8. The van der Waals surface area contributed by atoms with E-state index < -0.39 is 5.91 Å². The second kappa shape index (κ2) is 5.76. The van der Waals surface area contributed by atoms with E-state index in [1.807, 2.05) is 37.3 Å². The highest BCUT2D eigenvalue weighted by Crippen LogP contribution is 2.23. The number of hydrogen-bond acceptors (Lipinski definition) is 2. The number of primary amides is 1. The van der Waals surface area contributed by atoms with Gasteiger partial charge in [-0.2, -0.15) is 0 Å². The van der Waals surface area contributed by atoms with Crippen LogP contribution in [0.25, 0.3) is 0 Å². The van der Waals surface area contributed by atoms with Gasteiger partial charge in [-0.1, -0.05) is 29.8 Å². The first-order valence-electron chi connectivity index (χ1n) is 5.95.